The quantitative estimate of drug-likeness (QED) is 0.448. The second-order valence-corrected chi connectivity index (χ2v) is 7.09. The summed E-state index contributed by atoms with van der Waals surface area (Å²) in [5, 5.41) is 2.64. The van der Waals surface area contributed by atoms with Crippen molar-refractivity contribution in [1.82, 2.24) is 9.55 Å². The van der Waals surface area contributed by atoms with E-state index in [1.165, 1.54) is 35.6 Å². The van der Waals surface area contributed by atoms with Gasteiger partial charge in [-0.25, -0.2) is 9.78 Å². The van der Waals surface area contributed by atoms with E-state index >= 15 is 0 Å². The SMILES string of the molecule is Cc1cc(C(=O)COC(=O)c2ccc(OCC(N)=O)cc2)c(C)n1-c1nccs1. The molecule has 3 rings (SSSR count). The van der Waals surface area contributed by atoms with E-state index in [0.29, 0.717) is 11.3 Å². The fraction of sp³-hybridized carbons (Fsp3) is 0.200. The van der Waals surface area contributed by atoms with Crippen molar-refractivity contribution in [1.29, 1.82) is 0 Å². The number of thiazole rings is 1. The molecule has 0 atom stereocenters. The molecule has 0 unspecified atom stereocenters. The number of ether oxygens (including phenoxy) is 2. The second kappa shape index (κ2) is 8.70. The van der Waals surface area contributed by atoms with Gasteiger partial charge in [0.2, 0.25) is 5.78 Å². The average Bonchev–Trinajstić information content (AvgIpc) is 3.32. The van der Waals surface area contributed by atoms with Crippen LogP contribution in [-0.2, 0) is 9.53 Å². The molecular weight excluding hydrogens is 394 g/mol. The van der Waals surface area contributed by atoms with Gasteiger partial charge in [-0.2, -0.15) is 0 Å². The lowest BCUT2D eigenvalue weighted by Gasteiger charge is -2.07. The number of benzene rings is 1. The minimum Gasteiger partial charge on any atom is -0.484 e. The Hall–Kier alpha value is -3.46. The summed E-state index contributed by atoms with van der Waals surface area (Å²) in [6, 6.07) is 7.76. The number of aryl methyl sites for hydroxylation is 1. The normalized spacial score (nSPS) is 10.6. The van der Waals surface area contributed by atoms with Crippen molar-refractivity contribution in [3.63, 3.8) is 0 Å². The van der Waals surface area contributed by atoms with Crippen LogP contribution >= 0.6 is 11.3 Å². The van der Waals surface area contributed by atoms with Crippen molar-refractivity contribution < 1.29 is 23.9 Å². The zero-order valence-electron chi connectivity index (χ0n) is 15.9. The van der Waals surface area contributed by atoms with Crippen LogP contribution in [0.2, 0.25) is 0 Å². The largest absolute Gasteiger partial charge is 0.484 e. The fourth-order valence-electron chi connectivity index (χ4n) is 2.80. The van der Waals surface area contributed by atoms with E-state index in [1.807, 2.05) is 23.8 Å². The van der Waals surface area contributed by atoms with Crippen LogP contribution in [0.25, 0.3) is 5.13 Å². The summed E-state index contributed by atoms with van der Waals surface area (Å²) in [6.07, 6.45) is 1.70. The molecule has 0 aliphatic heterocycles. The zero-order chi connectivity index (χ0) is 21.0. The van der Waals surface area contributed by atoms with Gasteiger partial charge in [0.15, 0.2) is 18.3 Å². The molecule has 3 aromatic rings. The lowest BCUT2D eigenvalue weighted by atomic mass is 10.1. The van der Waals surface area contributed by atoms with E-state index in [2.05, 4.69) is 4.98 Å². The maximum absolute atomic E-state index is 12.6. The number of Topliss-reactive ketones (excluding diaryl/α,β-unsaturated/α-hetero) is 1. The Morgan fingerprint density at radius 1 is 1.14 bits per heavy atom. The lowest BCUT2D eigenvalue weighted by Crippen LogP contribution is -2.20. The third-order valence-corrected chi connectivity index (χ3v) is 4.90. The number of aromatic nitrogens is 2. The highest BCUT2D eigenvalue weighted by Crippen LogP contribution is 2.22. The monoisotopic (exact) mass is 413 g/mol. The Kier molecular flexibility index (Phi) is 6.08. The third-order valence-electron chi connectivity index (χ3n) is 4.15. The standard InChI is InChI=1S/C20H19N3O5S/c1-12-9-16(13(2)23(12)20-22-7-8-29-20)17(24)10-28-19(26)14-3-5-15(6-4-14)27-11-18(21)25/h3-9H,10-11H2,1-2H3,(H2,21,25). The van der Waals surface area contributed by atoms with Crippen molar-refractivity contribution >= 4 is 29.0 Å². The maximum atomic E-state index is 12.6. The van der Waals surface area contributed by atoms with Crippen molar-refractivity contribution in [3.8, 4) is 10.9 Å². The molecule has 0 aliphatic rings. The van der Waals surface area contributed by atoms with Crippen molar-refractivity contribution in [2.45, 2.75) is 13.8 Å². The number of ketones is 1. The minimum absolute atomic E-state index is 0.252. The van der Waals surface area contributed by atoms with Gasteiger partial charge < -0.3 is 15.2 Å². The average molecular weight is 413 g/mol. The van der Waals surface area contributed by atoms with Gasteiger partial charge in [0.25, 0.3) is 5.91 Å². The van der Waals surface area contributed by atoms with E-state index in [0.717, 1.165) is 16.5 Å². The zero-order valence-corrected chi connectivity index (χ0v) is 16.7. The number of hydrogen-bond acceptors (Lipinski definition) is 7. The van der Waals surface area contributed by atoms with Crippen LogP contribution in [0, 0.1) is 13.8 Å². The summed E-state index contributed by atoms with van der Waals surface area (Å²) in [6.45, 7) is 3.09. The number of esters is 1. The third kappa shape index (κ3) is 4.69. The summed E-state index contributed by atoms with van der Waals surface area (Å²) < 4.78 is 12.2. The van der Waals surface area contributed by atoms with Gasteiger partial charge in [-0.05, 0) is 44.2 Å². The first kappa shape index (κ1) is 20.3. The summed E-state index contributed by atoms with van der Waals surface area (Å²) in [4.78, 5) is 39.8. The van der Waals surface area contributed by atoms with Gasteiger partial charge in [0, 0.05) is 28.5 Å². The first-order valence-corrected chi connectivity index (χ1v) is 9.55. The minimum atomic E-state index is -0.631. The molecule has 0 saturated heterocycles. The van der Waals surface area contributed by atoms with E-state index in [4.69, 9.17) is 15.2 Å². The number of carbonyl (C=O) groups is 3. The first-order valence-electron chi connectivity index (χ1n) is 8.67. The molecule has 2 heterocycles. The van der Waals surface area contributed by atoms with Crippen LogP contribution in [0.1, 0.15) is 32.1 Å². The molecule has 2 N–H and O–H groups in total. The number of carbonyl (C=O) groups excluding carboxylic acids is 3. The second-order valence-electron chi connectivity index (χ2n) is 6.21. The predicted molar refractivity (Wildman–Crippen MR) is 107 cm³/mol. The summed E-state index contributed by atoms with van der Waals surface area (Å²) >= 11 is 1.47. The number of hydrogen-bond donors (Lipinski definition) is 1. The van der Waals surface area contributed by atoms with E-state index in [-0.39, 0.29) is 24.6 Å². The summed E-state index contributed by atoms with van der Waals surface area (Å²) in [5.41, 5.74) is 7.38. The first-order chi connectivity index (χ1) is 13.9. The molecule has 8 nitrogen and oxygen atoms in total. The molecule has 2 aromatic heterocycles. The molecule has 0 spiro atoms. The van der Waals surface area contributed by atoms with Crippen molar-refractivity contribution in [3.05, 3.63) is 64.4 Å². The summed E-state index contributed by atoms with van der Waals surface area (Å²) in [7, 11) is 0. The van der Waals surface area contributed by atoms with Gasteiger partial charge in [0.1, 0.15) is 5.75 Å². The van der Waals surface area contributed by atoms with Gasteiger partial charge in [0.05, 0.1) is 5.56 Å². The molecular formula is C20H19N3O5S. The fourth-order valence-corrected chi connectivity index (χ4v) is 3.55. The van der Waals surface area contributed by atoms with E-state index in [9.17, 15) is 14.4 Å². The number of amides is 1. The van der Waals surface area contributed by atoms with Crippen molar-refractivity contribution in [2.24, 2.45) is 5.73 Å². The van der Waals surface area contributed by atoms with Gasteiger partial charge >= 0.3 is 5.97 Å². The number of nitrogens with zero attached hydrogens (tertiary/aromatic N) is 2. The van der Waals surface area contributed by atoms with Gasteiger partial charge in [-0.3, -0.25) is 14.2 Å². The molecule has 29 heavy (non-hydrogen) atoms. The molecule has 0 aliphatic carbocycles. The highest BCUT2D eigenvalue weighted by Gasteiger charge is 2.19. The topological polar surface area (TPSA) is 114 Å². The van der Waals surface area contributed by atoms with Crippen LogP contribution in [-0.4, -0.2) is 40.4 Å². The molecule has 1 aromatic carbocycles. The number of primary amides is 1. The van der Waals surface area contributed by atoms with Crippen LogP contribution in [0.5, 0.6) is 5.75 Å². The van der Waals surface area contributed by atoms with Gasteiger partial charge in [-0.1, -0.05) is 0 Å². The molecule has 0 fully saturated rings. The molecule has 0 bridgehead atoms. The van der Waals surface area contributed by atoms with E-state index < -0.39 is 11.9 Å². The van der Waals surface area contributed by atoms with E-state index in [1.54, 1.807) is 12.3 Å². The molecule has 0 radical (unpaired) electrons. The Balaban J connectivity index is 1.63. The highest BCUT2D eigenvalue weighted by molar-refractivity contribution is 7.12. The Morgan fingerprint density at radius 2 is 1.86 bits per heavy atom. The van der Waals surface area contributed by atoms with Crippen LogP contribution in [0.4, 0.5) is 0 Å². The molecule has 9 heteroatoms. The summed E-state index contributed by atoms with van der Waals surface area (Å²) in [5.74, 6) is -1.13. The predicted octanol–water partition coefficient (Wildman–Crippen LogP) is 2.45. The van der Waals surface area contributed by atoms with Crippen LogP contribution < -0.4 is 10.5 Å². The number of rotatable bonds is 8. The Morgan fingerprint density at radius 3 is 2.48 bits per heavy atom. The number of nitrogens with two attached hydrogens (primary N) is 1. The molecule has 0 saturated carbocycles. The van der Waals surface area contributed by atoms with Gasteiger partial charge in [-0.15, -0.1) is 11.3 Å². The Bertz CT molecular complexity index is 1040. The Labute approximate surface area is 170 Å². The lowest BCUT2D eigenvalue weighted by molar-refractivity contribution is -0.119. The smallest absolute Gasteiger partial charge is 0.338 e. The maximum Gasteiger partial charge on any atom is 0.338 e. The highest BCUT2D eigenvalue weighted by atomic mass is 32.1. The molecule has 1 amide bonds. The van der Waals surface area contributed by atoms with Crippen molar-refractivity contribution in [2.75, 3.05) is 13.2 Å². The molecule has 150 valence electrons. The van der Waals surface area contributed by atoms with Crippen LogP contribution in [0.3, 0.4) is 0 Å². The van der Waals surface area contributed by atoms with Crippen LogP contribution in [0.15, 0.2) is 41.9 Å².